The first-order valence-corrected chi connectivity index (χ1v) is 10.6. The molecule has 1 heterocycles. The molecular weight excluding hydrogens is 386 g/mol. The zero-order chi connectivity index (χ0) is 21.1. The number of urea groups is 1. The fraction of sp³-hybridized carbons (Fsp3) is 0.318. The van der Waals surface area contributed by atoms with Crippen molar-refractivity contribution in [3.63, 3.8) is 0 Å². The molecule has 1 saturated heterocycles. The first-order chi connectivity index (χ1) is 13.8. The highest BCUT2D eigenvalue weighted by atomic mass is 32.2. The van der Waals surface area contributed by atoms with Gasteiger partial charge in [-0.2, -0.15) is 0 Å². The molecule has 0 aliphatic carbocycles. The SMILES string of the molecule is CSc1ccc(CN(C)C(=O)CN2C(=O)[C@H](C)N(c3ccc(C)cc3)C2=O)cc1. The topological polar surface area (TPSA) is 60.9 Å². The van der Waals surface area contributed by atoms with Crippen molar-refractivity contribution in [3.8, 4) is 0 Å². The molecule has 2 aromatic rings. The van der Waals surface area contributed by atoms with E-state index in [0.29, 0.717) is 12.2 Å². The van der Waals surface area contributed by atoms with Crippen LogP contribution in [0.2, 0.25) is 0 Å². The molecule has 4 amide bonds. The quantitative estimate of drug-likeness (QED) is 0.539. The van der Waals surface area contributed by atoms with E-state index in [4.69, 9.17) is 0 Å². The Morgan fingerprint density at radius 3 is 2.28 bits per heavy atom. The van der Waals surface area contributed by atoms with E-state index in [1.54, 1.807) is 25.7 Å². The molecule has 0 saturated carbocycles. The standard InChI is InChI=1S/C22H25N3O3S/c1-15-5-9-18(10-6-15)25-16(2)21(27)24(22(25)28)14-20(26)23(3)13-17-7-11-19(29-4)12-8-17/h5-12,16H,13-14H2,1-4H3/t16-/m0/s1. The predicted octanol–water partition coefficient (Wildman–Crippen LogP) is 3.53. The molecule has 3 rings (SSSR count). The van der Waals surface area contributed by atoms with Crippen LogP contribution < -0.4 is 4.90 Å². The molecular formula is C22H25N3O3S. The lowest BCUT2D eigenvalue weighted by atomic mass is 10.2. The predicted molar refractivity (Wildman–Crippen MR) is 115 cm³/mol. The second kappa shape index (κ2) is 8.69. The first kappa shape index (κ1) is 20.9. The zero-order valence-corrected chi connectivity index (χ0v) is 17.9. The lowest BCUT2D eigenvalue weighted by Crippen LogP contribution is -2.42. The second-order valence-corrected chi connectivity index (χ2v) is 8.07. The Hall–Kier alpha value is -2.80. The summed E-state index contributed by atoms with van der Waals surface area (Å²) in [5, 5.41) is 0. The van der Waals surface area contributed by atoms with Crippen LogP contribution >= 0.6 is 11.8 Å². The summed E-state index contributed by atoms with van der Waals surface area (Å²) < 4.78 is 0. The van der Waals surface area contributed by atoms with Gasteiger partial charge in [0.1, 0.15) is 12.6 Å². The van der Waals surface area contributed by atoms with E-state index >= 15 is 0 Å². The van der Waals surface area contributed by atoms with E-state index in [-0.39, 0.29) is 18.4 Å². The summed E-state index contributed by atoms with van der Waals surface area (Å²) in [7, 11) is 1.68. The maximum Gasteiger partial charge on any atom is 0.332 e. The molecule has 1 fully saturated rings. The minimum atomic E-state index is -0.637. The highest BCUT2D eigenvalue weighted by Crippen LogP contribution is 2.26. The van der Waals surface area contributed by atoms with Crippen molar-refractivity contribution in [2.24, 2.45) is 0 Å². The highest BCUT2D eigenvalue weighted by Gasteiger charge is 2.44. The van der Waals surface area contributed by atoms with Crippen LogP contribution in [0.15, 0.2) is 53.4 Å². The van der Waals surface area contributed by atoms with Crippen LogP contribution in [0.25, 0.3) is 0 Å². The molecule has 0 radical (unpaired) electrons. The lowest BCUT2D eigenvalue weighted by molar-refractivity contribution is -0.136. The monoisotopic (exact) mass is 411 g/mol. The zero-order valence-electron chi connectivity index (χ0n) is 17.1. The van der Waals surface area contributed by atoms with Crippen molar-refractivity contribution in [1.82, 2.24) is 9.80 Å². The van der Waals surface area contributed by atoms with Gasteiger partial charge in [-0.3, -0.25) is 19.4 Å². The minimum Gasteiger partial charge on any atom is -0.340 e. The van der Waals surface area contributed by atoms with E-state index in [2.05, 4.69) is 0 Å². The van der Waals surface area contributed by atoms with Crippen molar-refractivity contribution in [1.29, 1.82) is 0 Å². The molecule has 29 heavy (non-hydrogen) atoms. The largest absolute Gasteiger partial charge is 0.340 e. The molecule has 152 valence electrons. The molecule has 0 unspecified atom stereocenters. The molecule has 7 heteroatoms. The third kappa shape index (κ3) is 4.45. The van der Waals surface area contributed by atoms with Gasteiger partial charge in [-0.15, -0.1) is 11.8 Å². The van der Waals surface area contributed by atoms with E-state index in [9.17, 15) is 14.4 Å². The molecule has 0 bridgehead atoms. The van der Waals surface area contributed by atoms with Crippen molar-refractivity contribution in [3.05, 3.63) is 59.7 Å². The number of carbonyl (C=O) groups excluding carboxylic acids is 3. The van der Waals surface area contributed by atoms with Gasteiger partial charge in [0.2, 0.25) is 5.91 Å². The average molecular weight is 412 g/mol. The number of aryl methyl sites for hydroxylation is 1. The Morgan fingerprint density at radius 2 is 1.69 bits per heavy atom. The summed E-state index contributed by atoms with van der Waals surface area (Å²) in [6.45, 7) is 3.80. The van der Waals surface area contributed by atoms with Crippen LogP contribution in [0.4, 0.5) is 10.5 Å². The molecule has 0 spiro atoms. The van der Waals surface area contributed by atoms with Crippen LogP contribution in [0.3, 0.4) is 0 Å². The molecule has 1 aliphatic rings. The van der Waals surface area contributed by atoms with Gasteiger partial charge in [-0.1, -0.05) is 29.8 Å². The molecule has 1 aliphatic heterocycles. The van der Waals surface area contributed by atoms with Gasteiger partial charge in [0.15, 0.2) is 0 Å². The number of nitrogens with zero attached hydrogens (tertiary/aromatic N) is 3. The summed E-state index contributed by atoms with van der Waals surface area (Å²) in [5.74, 6) is -0.639. The molecule has 0 aromatic heterocycles. The molecule has 2 aromatic carbocycles. The number of rotatable bonds is 6. The van der Waals surface area contributed by atoms with Crippen molar-refractivity contribution < 1.29 is 14.4 Å². The van der Waals surface area contributed by atoms with Crippen LogP contribution in [0.5, 0.6) is 0 Å². The Labute approximate surface area is 175 Å². The van der Waals surface area contributed by atoms with Gasteiger partial charge in [-0.25, -0.2) is 4.79 Å². The van der Waals surface area contributed by atoms with Gasteiger partial charge in [0.25, 0.3) is 5.91 Å². The number of thioether (sulfide) groups is 1. The van der Waals surface area contributed by atoms with Gasteiger partial charge < -0.3 is 4.90 Å². The molecule has 1 atom stereocenters. The van der Waals surface area contributed by atoms with Gasteiger partial charge >= 0.3 is 6.03 Å². The van der Waals surface area contributed by atoms with E-state index < -0.39 is 12.1 Å². The number of amides is 4. The summed E-state index contributed by atoms with van der Waals surface area (Å²) in [5.41, 5.74) is 2.71. The third-order valence-electron chi connectivity index (χ3n) is 5.06. The highest BCUT2D eigenvalue weighted by molar-refractivity contribution is 7.98. The number of benzene rings is 2. The fourth-order valence-electron chi connectivity index (χ4n) is 3.26. The smallest absolute Gasteiger partial charge is 0.332 e. The maximum atomic E-state index is 12.9. The number of carbonyl (C=O) groups is 3. The first-order valence-electron chi connectivity index (χ1n) is 9.40. The van der Waals surface area contributed by atoms with Gasteiger partial charge in [-0.05, 0) is 49.9 Å². The van der Waals surface area contributed by atoms with E-state index in [0.717, 1.165) is 20.9 Å². The Bertz CT molecular complexity index is 912. The minimum absolute atomic E-state index is 0.260. The van der Waals surface area contributed by atoms with Crippen molar-refractivity contribution in [2.75, 3.05) is 24.7 Å². The second-order valence-electron chi connectivity index (χ2n) is 7.19. The van der Waals surface area contributed by atoms with Gasteiger partial charge in [0.05, 0.1) is 0 Å². The number of anilines is 1. The number of hydrogen-bond acceptors (Lipinski definition) is 4. The number of imide groups is 1. The molecule has 6 nitrogen and oxygen atoms in total. The van der Waals surface area contributed by atoms with Crippen molar-refractivity contribution in [2.45, 2.75) is 31.3 Å². The lowest BCUT2D eigenvalue weighted by Gasteiger charge is -2.21. The number of likely N-dealkylation sites (N-methyl/N-ethyl adjacent to an activating group) is 1. The van der Waals surface area contributed by atoms with Crippen molar-refractivity contribution >= 4 is 35.3 Å². The van der Waals surface area contributed by atoms with E-state index in [1.807, 2.05) is 61.7 Å². The van der Waals surface area contributed by atoms with Crippen LogP contribution in [0, 0.1) is 6.92 Å². The Morgan fingerprint density at radius 1 is 1.07 bits per heavy atom. The normalized spacial score (nSPS) is 16.5. The fourth-order valence-corrected chi connectivity index (χ4v) is 3.67. The van der Waals surface area contributed by atoms with E-state index in [1.165, 1.54) is 9.80 Å². The van der Waals surface area contributed by atoms with Crippen LogP contribution in [-0.2, 0) is 16.1 Å². The molecule has 0 N–H and O–H groups in total. The summed E-state index contributed by atoms with van der Waals surface area (Å²) in [6.07, 6.45) is 2.01. The van der Waals surface area contributed by atoms with Crippen LogP contribution in [0.1, 0.15) is 18.1 Å². The summed E-state index contributed by atoms with van der Waals surface area (Å²) in [4.78, 5) is 43.3. The average Bonchev–Trinajstić information content (AvgIpc) is 2.92. The Balaban J connectivity index is 1.68. The maximum absolute atomic E-state index is 12.9. The van der Waals surface area contributed by atoms with Crippen LogP contribution in [-0.4, -0.2) is 53.5 Å². The number of hydrogen-bond donors (Lipinski definition) is 0. The third-order valence-corrected chi connectivity index (χ3v) is 5.80. The summed E-state index contributed by atoms with van der Waals surface area (Å²) in [6, 6.07) is 14.3. The Kier molecular flexibility index (Phi) is 6.27. The van der Waals surface area contributed by atoms with Gasteiger partial charge in [0, 0.05) is 24.2 Å². The summed E-state index contributed by atoms with van der Waals surface area (Å²) >= 11 is 1.66.